The average Bonchev–Trinajstić information content (AvgIpc) is 3.04. The molecule has 5 rings (SSSR count). The molecule has 0 aliphatic carbocycles. The normalized spacial score (nSPS) is 15.4. The molecule has 0 unspecified atom stereocenters. The molecule has 0 fully saturated rings. The molecule has 2 aromatic heterocycles. The molecule has 22 heavy (non-hydrogen) atoms. The van der Waals surface area contributed by atoms with E-state index in [1.165, 1.54) is 42.8 Å². The molecule has 1 nitrogen and oxygen atoms in total. The van der Waals surface area contributed by atoms with Gasteiger partial charge in [0.1, 0.15) is 0 Å². The van der Waals surface area contributed by atoms with Gasteiger partial charge in [0.25, 0.3) is 0 Å². The number of hydrogen-bond acceptors (Lipinski definition) is 1. The standard InChI is InChI=1S/C20H17NS/c1-12-11-17-19(22-12)20(2,3)15-9-6-8-14-13-7-4-5-10-16(13)21(17)18(14)15/h4-11H,1-3H3. The van der Waals surface area contributed by atoms with E-state index >= 15 is 0 Å². The van der Waals surface area contributed by atoms with Crippen molar-refractivity contribution in [2.75, 3.05) is 0 Å². The van der Waals surface area contributed by atoms with Crippen molar-refractivity contribution in [1.29, 1.82) is 0 Å². The van der Waals surface area contributed by atoms with Crippen LogP contribution < -0.4 is 0 Å². The fourth-order valence-corrected chi connectivity index (χ4v) is 5.12. The van der Waals surface area contributed by atoms with E-state index in [9.17, 15) is 0 Å². The lowest BCUT2D eigenvalue weighted by atomic mass is 9.79. The minimum Gasteiger partial charge on any atom is -0.308 e. The topological polar surface area (TPSA) is 4.93 Å². The fraction of sp³-hybridized carbons (Fsp3) is 0.200. The van der Waals surface area contributed by atoms with Crippen molar-refractivity contribution in [3.05, 3.63) is 63.8 Å². The first-order valence-electron chi connectivity index (χ1n) is 7.73. The van der Waals surface area contributed by atoms with Gasteiger partial charge in [0.15, 0.2) is 0 Å². The lowest BCUT2D eigenvalue weighted by molar-refractivity contribution is 0.646. The van der Waals surface area contributed by atoms with Crippen LogP contribution in [0.5, 0.6) is 0 Å². The van der Waals surface area contributed by atoms with Gasteiger partial charge in [-0.3, -0.25) is 0 Å². The maximum Gasteiger partial charge on any atom is 0.0613 e. The first-order chi connectivity index (χ1) is 10.6. The Morgan fingerprint density at radius 2 is 1.73 bits per heavy atom. The highest BCUT2D eigenvalue weighted by atomic mass is 32.1. The molecule has 0 saturated heterocycles. The Kier molecular flexibility index (Phi) is 2.17. The maximum atomic E-state index is 2.48. The highest BCUT2D eigenvalue weighted by molar-refractivity contribution is 7.12. The van der Waals surface area contributed by atoms with Crippen molar-refractivity contribution in [1.82, 2.24) is 4.57 Å². The summed E-state index contributed by atoms with van der Waals surface area (Å²) in [6.07, 6.45) is 0. The second-order valence-corrected chi connectivity index (χ2v) is 8.01. The second kappa shape index (κ2) is 3.82. The zero-order valence-electron chi connectivity index (χ0n) is 13.0. The monoisotopic (exact) mass is 303 g/mol. The number of aromatic nitrogens is 1. The van der Waals surface area contributed by atoms with Crippen LogP contribution in [-0.2, 0) is 5.41 Å². The molecule has 2 heteroatoms. The van der Waals surface area contributed by atoms with Gasteiger partial charge in [-0.1, -0.05) is 50.2 Å². The van der Waals surface area contributed by atoms with Gasteiger partial charge in [0, 0.05) is 25.9 Å². The van der Waals surface area contributed by atoms with Crippen LogP contribution in [0.25, 0.3) is 27.5 Å². The van der Waals surface area contributed by atoms with Gasteiger partial charge in [-0.25, -0.2) is 0 Å². The van der Waals surface area contributed by atoms with Gasteiger partial charge in [-0.15, -0.1) is 11.3 Å². The van der Waals surface area contributed by atoms with Crippen LogP contribution in [0.15, 0.2) is 48.5 Å². The fourth-order valence-electron chi connectivity index (χ4n) is 4.01. The first kappa shape index (κ1) is 12.5. The third-order valence-electron chi connectivity index (χ3n) is 5.01. The number of benzene rings is 2. The smallest absolute Gasteiger partial charge is 0.0613 e. The van der Waals surface area contributed by atoms with Crippen molar-refractivity contribution in [3.63, 3.8) is 0 Å². The summed E-state index contributed by atoms with van der Waals surface area (Å²) in [6.45, 7) is 6.93. The molecule has 0 N–H and O–H groups in total. The predicted molar refractivity (Wildman–Crippen MR) is 95.5 cm³/mol. The van der Waals surface area contributed by atoms with Crippen LogP contribution in [-0.4, -0.2) is 4.57 Å². The highest BCUT2D eigenvalue weighted by Gasteiger charge is 2.36. The molecule has 108 valence electrons. The van der Waals surface area contributed by atoms with Gasteiger partial charge >= 0.3 is 0 Å². The predicted octanol–water partition coefficient (Wildman–Crippen LogP) is 5.79. The molecule has 1 aliphatic heterocycles. The molecule has 0 spiro atoms. The van der Waals surface area contributed by atoms with Crippen molar-refractivity contribution in [2.45, 2.75) is 26.2 Å². The molecule has 0 atom stereocenters. The Balaban J connectivity index is 2.14. The summed E-state index contributed by atoms with van der Waals surface area (Å²) in [4.78, 5) is 2.86. The summed E-state index contributed by atoms with van der Waals surface area (Å²) in [6, 6.07) is 17.9. The van der Waals surface area contributed by atoms with Crippen LogP contribution in [0.2, 0.25) is 0 Å². The Morgan fingerprint density at radius 3 is 2.59 bits per heavy atom. The number of rotatable bonds is 0. The summed E-state index contributed by atoms with van der Waals surface area (Å²) in [5, 5.41) is 2.72. The lowest BCUT2D eigenvalue weighted by Gasteiger charge is -2.32. The minimum absolute atomic E-state index is 0.0676. The Hall–Kier alpha value is -2.06. The van der Waals surface area contributed by atoms with E-state index in [0.717, 1.165) is 0 Å². The van der Waals surface area contributed by atoms with Crippen LogP contribution in [0, 0.1) is 6.92 Å². The first-order valence-corrected chi connectivity index (χ1v) is 8.54. The van der Waals surface area contributed by atoms with Crippen LogP contribution in [0.1, 0.15) is 29.2 Å². The number of aryl methyl sites for hydroxylation is 1. The number of para-hydroxylation sites is 2. The van der Waals surface area contributed by atoms with E-state index in [0.29, 0.717) is 0 Å². The maximum absolute atomic E-state index is 2.48. The van der Waals surface area contributed by atoms with Gasteiger partial charge < -0.3 is 4.57 Å². The van der Waals surface area contributed by atoms with E-state index in [-0.39, 0.29) is 5.41 Å². The summed E-state index contributed by atoms with van der Waals surface area (Å²) >= 11 is 1.94. The molecule has 2 aromatic carbocycles. The summed E-state index contributed by atoms with van der Waals surface area (Å²) in [5.74, 6) is 0. The van der Waals surface area contributed by atoms with Crippen molar-refractivity contribution < 1.29 is 0 Å². The second-order valence-electron chi connectivity index (χ2n) is 6.75. The van der Waals surface area contributed by atoms with E-state index in [2.05, 4.69) is 73.9 Å². The lowest BCUT2D eigenvalue weighted by Crippen LogP contribution is -2.24. The van der Waals surface area contributed by atoms with Gasteiger partial charge in [-0.05, 0) is 24.6 Å². The van der Waals surface area contributed by atoms with Crippen LogP contribution in [0.3, 0.4) is 0 Å². The van der Waals surface area contributed by atoms with Crippen molar-refractivity contribution in [2.24, 2.45) is 0 Å². The number of thiophene rings is 1. The average molecular weight is 303 g/mol. The molecule has 1 aliphatic rings. The Labute approximate surface area is 133 Å². The highest BCUT2D eigenvalue weighted by Crippen LogP contribution is 2.49. The Bertz CT molecular complexity index is 1060. The van der Waals surface area contributed by atoms with Crippen molar-refractivity contribution in [3.8, 4) is 5.69 Å². The van der Waals surface area contributed by atoms with Gasteiger partial charge in [0.05, 0.1) is 16.7 Å². The van der Waals surface area contributed by atoms with Crippen LogP contribution >= 0.6 is 11.3 Å². The zero-order valence-corrected chi connectivity index (χ0v) is 13.8. The number of hydrogen-bond donors (Lipinski definition) is 0. The Morgan fingerprint density at radius 1 is 0.955 bits per heavy atom. The van der Waals surface area contributed by atoms with E-state index < -0.39 is 0 Å². The minimum atomic E-state index is 0.0676. The summed E-state index contributed by atoms with van der Waals surface area (Å²) in [7, 11) is 0. The van der Waals surface area contributed by atoms with E-state index in [1.54, 1.807) is 0 Å². The largest absolute Gasteiger partial charge is 0.308 e. The molecular weight excluding hydrogens is 286 g/mol. The molecule has 0 radical (unpaired) electrons. The SMILES string of the molecule is Cc1cc2c(s1)C(C)(C)c1cccc3c4ccccc4n-2c13. The third-order valence-corrected chi connectivity index (χ3v) is 6.38. The summed E-state index contributed by atoms with van der Waals surface area (Å²) in [5.41, 5.74) is 5.59. The van der Waals surface area contributed by atoms with E-state index in [1.807, 2.05) is 11.3 Å². The number of fused-ring (bicyclic) bond motifs is 5. The molecule has 4 aromatic rings. The molecule has 3 heterocycles. The summed E-state index contributed by atoms with van der Waals surface area (Å²) < 4.78 is 2.48. The van der Waals surface area contributed by atoms with Gasteiger partial charge in [-0.2, -0.15) is 0 Å². The third kappa shape index (κ3) is 1.30. The number of nitrogens with zero attached hydrogens (tertiary/aromatic N) is 1. The van der Waals surface area contributed by atoms with Crippen molar-refractivity contribution >= 4 is 33.1 Å². The van der Waals surface area contributed by atoms with Gasteiger partial charge in [0.2, 0.25) is 0 Å². The zero-order chi connectivity index (χ0) is 15.1. The van der Waals surface area contributed by atoms with E-state index in [4.69, 9.17) is 0 Å². The molecule has 0 saturated carbocycles. The van der Waals surface area contributed by atoms with Crippen LogP contribution in [0.4, 0.5) is 0 Å². The quantitative estimate of drug-likeness (QED) is 0.387. The molecule has 0 amide bonds. The molecule has 0 bridgehead atoms. The molecular formula is C20H17NS.